The molecule has 0 aliphatic carbocycles. The van der Waals surface area contributed by atoms with Crippen molar-refractivity contribution in [3.63, 3.8) is 0 Å². The van der Waals surface area contributed by atoms with Gasteiger partial charge >= 0.3 is 0 Å². The topological polar surface area (TPSA) is 45.7 Å². The number of carbonyl (C=O) groups is 1. The lowest BCUT2D eigenvalue weighted by molar-refractivity contribution is -0.128. The van der Waals surface area contributed by atoms with Crippen molar-refractivity contribution in [1.29, 1.82) is 0 Å². The van der Waals surface area contributed by atoms with E-state index < -0.39 is 0 Å². The van der Waals surface area contributed by atoms with Crippen LogP contribution in [0.15, 0.2) is 36.0 Å². The zero-order valence-electron chi connectivity index (χ0n) is 15.2. The van der Waals surface area contributed by atoms with Gasteiger partial charge in [0, 0.05) is 49.1 Å². The number of ether oxygens (including phenoxy) is 1. The maximum absolute atomic E-state index is 12.6. The first-order chi connectivity index (χ1) is 12.6. The van der Waals surface area contributed by atoms with Crippen LogP contribution >= 0.6 is 11.3 Å². The molecule has 138 valence electrons. The summed E-state index contributed by atoms with van der Waals surface area (Å²) in [6, 6.07) is 8.67. The van der Waals surface area contributed by atoms with Gasteiger partial charge in [0.15, 0.2) is 0 Å². The van der Waals surface area contributed by atoms with Crippen LogP contribution < -0.4 is 0 Å². The summed E-state index contributed by atoms with van der Waals surface area (Å²) in [4.78, 5) is 22.3. The van der Waals surface area contributed by atoms with Crippen LogP contribution in [0.1, 0.15) is 22.4 Å². The molecule has 0 bridgehead atoms. The van der Waals surface area contributed by atoms with Gasteiger partial charge in [0.2, 0.25) is 5.91 Å². The summed E-state index contributed by atoms with van der Waals surface area (Å²) in [5.41, 5.74) is 4.34. The third-order valence-corrected chi connectivity index (χ3v) is 6.01. The fourth-order valence-electron chi connectivity index (χ4n) is 4.12. The molecule has 3 heterocycles. The van der Waals surface area contributed by atoms with Gasteiger partial charge in [-0.3, -0.25) is 14.7 Å². The SMILES string of the molecule is Cc1cccc(CN2CCOC[C@]3(CC(=O)N(Cc4cncs4)C3)C2)c1. The van der Waals surface area contributed by atoms with Gasteiger partial charge in [-0.05, 0) is 12.5 Å². The van der Waals surface area contributed by atoms with Crippen molar-refractivity contribution in [3.8, 4) is 0 Å². The molecule has 1 spiro atoms. The fourth-order valence-corrected chi connectivity index (χ4v) is 4.73. The lowest BCUT2D eigenvalue weighted by Crippen LogP contribution is -2.40. The summed E-state index contributed by atoms with van der Waals surface area (Å²) in [5.74, 6) is 0.236. The molecule has 4 rings (SSSR count). The zero-order chi connectivity index (χ0) is 18.0. The number of aryl methyl sites for hydroxylation is 1. The Hall–Kier alpha value is -1.76. The molecule has 26 heavy (non-hydrogen) atoms. The third-order valence-electron chi connectivity index (χ3n) is 5.24. The Morgan fingerprint density at radius 1 is 1.31 bits per heavy atom. The third kappa shape index (κ3) is 3.98. The molecule has 0 saturated carbocycles. The van der Waals surface area contributed by atoms with Gasteiger partial charge in [0.1, 0.15) is 0 Å². The number of hydrogen-bond donors (Lipinski definition) is 0. The first kappa shape index (κ1) is 17.6. The van der Waals surface area contributed by atoms with Crippen LogP contribution in [0, 0.1) is 12.3 Å². The van der Waals surface area contributed by atoms with Crippen molar-refractivity contribution in [2.75, 3.05) is 32.8 Å². The average Bonchev–Trinajstić information content (AvgIpc) is 3.15. The van der Waals surface area contributed by atoms with Crippen molar-refractivity contribution in [2.24, 2.45) is 5.41 Å². The van der Waals surface area contributed by atoms with Crippen molar-refractivity contribution < 1.29 is 9.53 Å². The molecule has 0 unspecified atom stereocenters. The highest BCUT2D eigenvalue weighted by molar-refractivity contribution is 7.09. The molecule has 2 saturated heterocycles. The standard InChI is InChI=1S/C20H25N3O2S/c1-16-3-2-4-17(7-16)10-22-5-6-25-14-20(12-22)8-19(24)23(13-20)11-18-9-21-15-26-18/h2-4,7,9,15H,5-6,8,10-14H2,1H3/t20-/m1/s1. The van der Waals surface area contributed by atoms with Crippen LogP contribution in [0.25, 0.3) is 0 Å². The van der Waals surface area contributed by atoms with E-state index in [0.29, 0.717) is 19.6 Å². The first-order valence-corrected chi connectivity index (χ1v) is 10.0. The second kappa shape index (κ2) is 7.47. The second-order valence-corrected chi connectivity index (χ2v) is 8.62. The highest BCUT2D eigenvalue weighted by atomic mass is 32.1. The molecule has 1 amide bonds. The minimum Gasteiger partial charge on any atom is -0.379 e. The van der Waals surface area contributed by atoms with Crippen molar-refractivity contribution >= 4 is 17.2 Å². The van der Waals surface area contributed by atoms with E-state index in [4.69, 9.17) is 4.74 Å². The molecule has 0 N–H and O–H groups in total. The highest BCUT2D eigenvalue weighted by Gasteiger charge is 2.45. The number of likely N-dealkylation sites (tertiary alicyclic amines) is 1. The van der Waals surface area contributed by atoms with Crippen LogP contribution in [0.2, 0.25) is 0 Å². The number of thiazole rings is 1. The predicted octanol–water partition coefficient (Wildman–Crippen LogP) is 2.70. The van der Waals surface area contributed by atoms with E-state index in [1.807, 2.05) is 16.6 Å². The molecular formula is C20H25N3O2S. The Morgan fingerprint density at radius 2 is 2.23 bits per heavy atom. The number of benzene rings is 1. The molecule has 6 heteroatoms. The van der Waals surface area contributed by atoms with E-state index in [2.05, 4.69) is 41.1 Å². The number of carbonyl (C=O) groups excluding carboxylic acids is 1. The fraction of sp³-hybridized carbons (Fsp3) is 0.500. The maximum Gasteiger partial charge on any atom is 0.223 e. The zero-order valence-corrected chi connectivity index (χ0v) is 16.0. The Morgan fingerprint density at radius 3 is 3.04 bits per heavy atom. The van der Waals surface area contributed by atoms with Gasteiger partial charge in [0.05, 0.1) is 25.3 Å². The average molecular weight is 372 g/mol. The van der Waals surface area contributed by atoms with Gasteiger partial charge in [-0.2, -0.15) is 0 Å². The van der Waals surface area contributed by atoms with Crippen LogP contribution in [-0.4, -0.2) is 53.5 Å². The summed E-state index contributed by atoms with van der Waals surface area (Å²) >= 11 is 1.61. The summed E-state index contributed by atoms with van der Waals surface area (Å²) in [7, 11) is 0. The number of nitrogens with zero attached hydrogens (tertiary/aromatic N) is 3. The summed E-state index contributed by atoms with van der Waals surface area (Å²) in [5, 5.41) is 0. The molecule has 1 aromatic carbocycles. The molecule has 1 atom stereocenters. The van der Waals surface area contributed by atoms with E-state index in [1.165, 1.54) is 11.1 Å². The molecule has 0 radical (unpaired) electrons. The summed E-state index contributed by atoms with van der Waals surface area (Å²) in [6.07, 6.45) is 2.44. The normalized spacial score (nSPS) is 24.3. The largest absolute Gasteiger partial charge is 0.379 e. The Bertz CT molecular complexity index is 764. The van der Waals surface area contributed by atoms with Crippen LogP contribution in [0.3, 0.4) is 0 Å². The summed E-state index contributed by atoms with van der Waals surface area (Å²) in [6.45, 7) is 7.71. The van der Waals surface area contributed by atoms with Crippen LogP contribution in [-0.2, 0) is 22.6 Å². The van der Waals surface area contributed by atoms with E-state index in [9.17, 15) is 4.79 Å². The molecule has 2 aromatic rings. The van der Waals surface area contributed by atoms with E-state index in [-0.39, 0.29) is 11.3 Å². The molecule has 1 aromatic heterocycles. The Kier molecular flexibility index (Phi) is 5.07. The van der Waals surface area contributed by atoms with E-state index >= 15 is 0 Å². The molecular weight excluding hydrogens is 346 g/mol. The minimum atomic E-state index is -0.0951. The minimum absolute atomic E-state index is 0.0951. The second-order valence-electron chi connectivity index (χ2n) is 7.65. The number of amides is 1. The van der Waals surface area contributed by atoms with Gasteiger partial charge < -0.3 is 9.64 Å². The smallest absolute Gasteiger partial charge is 0.223 e. The molecule has 2 fully saturated rings. The lowest BCUT2D eigenvalue weighted by atomic mass is 9.87. The van der Waals surface area contributed by atoms with Gasteiger partial charge in [-0.15, -0.1) is 11.3 Å². The maximum atomic E-state index is 12.6. The van der Waals surface area contributed by atoms with Crippen LogP contribution in [0.5, 0.6) is 0 Å². The van der Waals surface area contributed by atoms with Gasteiger partial charge in [-0.25, -0.2) is 0 Å². The number of aromatic nitrogens is 1. The monoisotopic (exact) mass is 371 g/mol. The van der Waals surface area contributed by atoms with Crippen molar-refractivity contribution in [2.45, 2.75) is 26.4 Å². The number of hydrogen-bond acceptors (Lipinski definition) is 5. The van der Waals surface area contributed by atoms with E-state index in [0.717, 1.165) is 37.7 Å². The quantitative estimate of drug-likeness (QED) is 0.829. The first-order valence-electron chi connectivity index (χ1n) is 9.13. The summed E-state index contributed by atoms with van der Waals surface area (Å²) < 4.78 is 5.93. The highest BCUT2D eigenvalue weighted by Crippen LogP contribution is 2.35. The van der Waals surface area contributed by atoms with Crippen LogP contribution in [0.4, 0.5) is 0 Å². The molecule has 2 aliphatic rings. The Balaban J connectivity index is 1.46. The van der Waals surface area contributed by atoms with Crippen molar-refractivity contribution in [1.82, 2.24) is 14.8 Å². The van der Waals surface area contributed by atoms with E-state index in [1.54, 1.807) is 11.3 Å². The predicted molar refractivity (Wildman–Crippen MR) is 102 cm³/mol. The number of rotatable bonds is 4. The van der Waals surface area contributed by atoms with Gasteiger partial charge in [-0.1, -0.05) is 29.8 Å². The van der Waals surface area contributed by atoms with Crippen molar-refractivity contribution in [3.05, 3.63) is 52.0 Å². The molecule has 2 aliphatic heterocycles. The van der Waals surface area contributed by atoms with Gasteiger partial charge in [0.25, 0.3) is 0 Å². The Labute approximate surface area is 158 Å². The lowest BCUT2D eigenvalue weighted by Gasteiger charge is -2.31. The molecule has 5 nitrogen and oxygen atoms in total.